The second kappa shape index (κ2) is 6.62. The highest BCUT2D eigenvalue weighted by Crippen LogP contribution is 2.11. The third-order valence-electron chi connectivity index (χ3n) is 2.85. The third kappa shape index (κ3) is 3.60. The van der Waals surface area contributed by atoms with Gasteiger partial charge in [-0.25, -0.2) is 4.39 Å². The van der Waals surface area contributed by atoms with Crippen molar-refractivity contribution in [3.63, 3.8) is 0 Å². The topological polar surface area (TPSA) is 48.7 Å². The Hall–Kier alpha value is -2.25. The number of nitriles is 1. The van der Waals surface area contributed by atoms with Gasteiger partial charge in [0, 0.05) is 24.5 Å². The van der Waals surface area contributed by atoms with Crippen molar-refractivity contribution in [1.82, 2.24) is 10.3 Å². The number of aromatic nitrogens is 1. The van der Waals surface area contributed by atoms with Gasteiger partial charge >= 0.3 is 0 Å². The van der Waals surface area contributed by atoms with Gasteiger partial charge in [-0.1, -0.05) is 12.1 Å². The summed E-state index contributed by atoms with van der Waals surface area (Å²) >= 11 is 0. The molecule has 0 radical (unpaired) electrons. The van der Waals surface area contributed by atoms with Crippen LogP contribution in [0.4, 0.5) is 4.39 Å². The lowest BCUT2D eigenvalue weighted by atomic mass is 10.1. The minimum absolute atomic E-state index is 0.0911. The number of pyridine rings is 1. The lowest BCUT2D eigenvalue weighted by Gasteiger charge is -2.06. The second-order valence-electron chi connectivity index (χ2n) is 4.17. The molecule has 0 aliphatic rings. The van der Waals surface area contributed by atoms with E-state index in [1.54, 1.807) is 24.5 Å². The largest absolute Gasteiger partial charge is 0.312 e. The molecule has 3 nitrogen and oxygen atoms in total. The predicted octanol–water partition coefficient (Wildman–Crippen LogP) is 2.42. The molecule has 1 aromatic heterocycles. The number of hydrogen-bond donors (Lipinski definition) is 1. The normalized spacial score (nSPS) is 10.1. The van der Waals surface area contributed by atoms with Crippen LogP contribution in [0.2, 0.25) is 0 Å². The predicted molar refractivity (Wildman–Crippen MR) is 70.8 cm³/mol. The first-order valence-electron chi connectivity index (χ1n) is 6.08. The van der Waals surface area contributed by atoms with Gasteiger partial charge in [-0.15, -0.1) is 0 Å². The first-order valence-corrected chi connectivity index (χ1v) is 6.08. The van der Waals surface area contributed by atoms with Crippen molar-refractivity contribution in [2.45, 2.75) is 13.0 Å². The van der Waals surface area contributed by atoms with Crippen molar-refractivity contribution in [1.29, 1.82) is 5.26 Å². The summed E-state index contributed by atoms with van der Waals surface area (Å²) in [6, 6.07) is 10.6. The number of halogens is 1. The van der Waals surface area contributed by atoms with Gasteiger partial charge in [-0.2, -0.15) is 5.26 Å². The molecule has 0 aliphatic carbocycles. The molecule has 0 bridgehead atoms. The summed E-state index contributed by atoms with van der Waals surface area (Å²) in [5.74, 6) is -0.429. The van der Waals surface area contributed by atoms with E-state index in [1.165, 1.54) is 11.6 Å². The van der Waals surface area contributed by atoms with Crippen LogP contribution in [0.25, 0.3) is 0 Å². The monoisotopic (exact) mass is 255 g/mol. The highest BCUT2D eigenvalue weighted by atomic mass is 19.1. The molecule has 1 heterocycles. The molecular formula is C15H14FN3. The highest BCUT2D eigenvalue weighted by molar-refractivity contribution is 5.34. The van der Waals surface area contributed by atoms with Gasteiger partial charge in [0.2, 0.25) is 0 Å². The van der Waals surface area contributed by atoms with Crippen molar-refractivity contribution < 1.29 is 4.39 Å². The Balaban J connectivity index is 1.85. The van der Waals surface area contributed by atoms with Crippen molar-refractivity contribution >= 4 is 0 Å². The standard InChI is InChI=1S/C15H14FN3/c16-15-13(10-17)2-1-3-14(15)11-19-9-6-12-4-7-18-8-5-12/h1-5,7-8,19H,6,9,11H2. The van der Waals surface area contributed by atoms with E-state index in [-0.39, 0.29) is 5.56 Å². The average Bonchev–Trinajstić information content (AvgIpc) is 2.46. The maximum Gasteiger partial charge on any atom is 0.145 e. The van der Waals surface area contributed by atoms with Gasteiger partial charge in [0.05, 0.1) is 5.56 Å². The lowest BCUT2D eigenvalue weighted by molar-refractivity contribution is 0.585. The van der Waals surface area contributed by atoms with E-state index in [0.717, 1.165) is 13.0 Å². The fraction of sp³-hybridized carbons (Fsp3) is 0.200. The van der Waals surface area contributed by atoms with E-state index >= 15 is 0 Å². The van der Waals surface area contributed by atoms with Crippen LogP contribution >= 0.6 is 0 Å². The number of nitrogens with one attached hydrogen (secondary N) is 1. The maximum absolute atomic E-state index is 13.8. The summed E-state index contributed by atoms with van der Waals surface area (Å²) in [6.45, 7) is 1.17. The SMILES string of the molecule is N#Cc1cccc(CNCCc2ccncc2)c1F. The summed E-state index contributed by atoms with van der Waals surface area (Å²) in [6.07, 6.45) is 4.37. The molecule has 0 atom stereocenters. The highest BCUT2D eigenvalue weighted by Gasteiger charge is 2.06. The van der Waals surface area contributed by atoms with E-state index in [0.29, 0.717) is 12.1 Å². The quantitative estimate of drug-likeness (QED) is 0.835. The number of benzene rings is 1. The van der Waals surface area contributed by atoms with Gasteiger partial charge < -0.3 is 5.32 Å². The van der Waals surface area contributed by atoms with Crippen LogP contribution in [-0.2, 0) is 13.0 Å². The third-order valence-corrected chi connectivity index (χ3v) is 2.85. The first-order chi connectivity index (χ1) is 9.31. The minimum atomic E-state index is -0.429. The van der Waals surface area contributed by atoms with Crippen LogP contribution in [0.3, 0.4) is 0 Å². The minimum Gasteiger partial charge on any atom is -0.312 e. The Kier molecular flexibility index (Phi) is 4.60. The van der Waals surface area contributed by atoms with Gasteiger partial charge in [0.15, 0.2) is 0 Å². The molecule has 0 saturated heterocycles. The number of rotatable bonds is 5. The Morgan fingerprint density at radius 3 is 2.74 bits per heavy atom. The van der Waals surface area contributed by atoms with Gasteiger partial charge in [-0.3, -0.25) is 4.98 Å². The fourth-order valence-corrected chi connectivity index (χ4v) is 1.81. The zero-order valence-electron chi connectivity index (χ0n) is 10.4. The van der Waals surface area contributed by atoms with Gasteiger partial charge in [-0.05, 0) is 36.7 Å². The van der Waals surface area contributed by atoms with Gasteiger partial charge in [0.25, 0.3) is 0 Å². The lowest BCUT2D eigenvalue weighted by Crippen LogP contribution is -2.17. The molecule has 0 spiro atoms. The maximum atomic E-state index is 13.8. The Morgan fingerprint density at radius 1 is 1.21 bits per heavy atom. The summed E-state index contributed by atoms with van der Waals surface area (Å²) in [5, 5.41) is 11.9. The summed E-state index contributed by atoms with van der Waals surface area (Å²) in [4.78, 5) is 3.95. The summed E-state index contributed by atoms with van der Waals surface area (Å²) in [5.41, 5.74) is 1.80. The summed E-state index contributed by atoms with van der Waals surface area (Å²) in [7, 11) is 0. The zero-order chi connectivity index (χ0) is 13.5. The van der Waals surface area contributed by atoms with Crippen molar-refractivity contribution in [2.75, 3.05) is 6.54 Å². The second-order valence-corrected chi connectivity index (χ2v) is 4.17. The van der Waals surface area contributed by atoms with Gasteiger partial charge in [0.1, 0.15) is 11.9 Å². The van der Waals surface area contributed by atoms with Crippen LogP contribution < -0.4 is 5.32 Å². The molecule has 2 aromatic rings. The molecule has 0 aliphatic heterocycles. The molecule has 0 amide bonds. The molecule has 1 aromatic carbocycles. The van der Waals surface area contributed by atoms with Crippen LogP contribution in [0, 0.1) is 17.1 Å². The van der Waals surface area contributed by atoms with Crippen molar-refractivity contribution in [3.05, 3.63) is 65.2 Å². The molecule has 1 N–H and O–H groups in total. The fourth-order valence-electron chi connectivity index (χ4n) is 1.81. The van der Waals surface area contributed by atoms with E-state index in [1.807, 2.05) is 18.2 Å². The Morgan fingerprint density at radius 2 is 2.00 bits per heavy atom. The molecular weight excluding hydrogens is 241 g/mol. The van der Waals surface area contributed by atoms with Crippen LogP contribution in [-0.4, -0.2) is 11.5 Å². The first kappa shape index (κ1) is 13.2. The molecule has 4 heteroatoms. The molecule has 2 rings (SSSR count). The molecule has 96 valence electrons. The van der Waals surface area contributed by atoms with E-state index < -0.39 is 5.82 Å². The molecule has 0 fully saturated rings. The summed E-state index contributed by atoms with van der Waals surface area (Å²) < 4.78 is 13.8. The van der Waals surface area contributed by atoms with E-state index in [9.17, 15) is 4.39 Å². The molecule has 19 heavy (non-hydrogen) atoms. The molecule has 0 saturated carbocycles. The number of hydrogen-bond acceptors (Lipinski definition) is 3. The molecule has 0 unspecified atom stereocenters. The average molecular weight is 255 g/mol. The zero-order valence-corrected chi connectivity index (χ0v) is 10.4. The van der Waals surface area contributed by atoms with Crippen LogP contribution in [0.1, 0.15) is 16.7 Å². The smallest absolute Gasteiger partial charge is 0.145 e. The van der Waals surface area contributed by atoms with Crippen molar-refractivity contribution in [2.24, 2.45) is 0 Å². The van der Waals surface area contributed by atoms with E-state index in [4.69, 9.17) is 5.26 Å². The van der Waals surface area contributed by atoms with E-state index in [2.05, 4.69) is 10.3 Å². The number of nitrogens with zero attached hydrogens (tertiary/aromatic N) is 2. The Labute approximate surface area is 111 Å². The van der Waals surface area contributed by atoms with Crippen LogP contribution in [0.5, 0.6) is 0 Å². The Bertz CT molecular complexity index is 576. The van der Waals surface area contributed by atoms with Crippen molar-refractivity contribution in [3.8, 4) is 6.07 Å². The van der Waals surface area contributed by atoms with Crippen LogP contribution in [0.15, 0.2) is 42.7 Å².